The maximum Gasteiger partial charge on any atom is 0.0714 e. The Hall–Kier alpha value is -7.02. The Morgan fingerprint density at radius 1 is 0.273 bits per heavy atom. The van der Waals surface area contributed by atoms with Crippen molar-refractivity contribution in [2.75, 3.05) is 0 Å². The third-order valence-corrected chi connectivity index (χ3v) is 12.5. The average molecular weight is 695 g/mol. The van der Waals surface area contributed by atoms with Gasteiger partial charge in [0, 0.05) is 0 Å². The summed E-state index contributed by atoms with van der Waals surface area (Å²) in [6, 6.07) is 77.3. The van der Waals surface area contributed by atoms with Crippen LogP contribution in [-0.4, -0.2) is 0 Å². The molecule has 0 amide bonds. The van der Waals surface area contributed by atoms with Gasteiger partial charge in [-0.1, -0.05) is 194 Å². The van der Waals surface area contributed by atoms with Gasteiger partial charge in [0.15, 0.2) is 0 Å². The van der Waals surface area contributed by atoms with E-state index in [1.807, 2.05) is 0 Å². The van der Waals surface area contributed by atoms with Crippen molar-refractivity contribution in [3.8, 4) is 33.4 Å². The van der Waals surface area contributed by atoms with Gasteiger partial charge in [0.1, 0.15) is 0 Å². The summed E-state index contributed by atoms with van der Waals surface area (Å²) >= 11 is 0. The van der Waals surface area contributed by atoms with E-state index < -0.39 is 5.41 Å². The predicted octanol–water partition coefficient (Wildman–Crippen LogP) is 14.6. The molecule has 1 aliphatic rings. The third-order valence-electron chi connectivity index (χ3n) is 12.5. The van der Waals surface area contributed by atoms with Crippen LogP contribution in [0.5, 0.6) is 0 Å². The van der Waals surface area contributed by atoms with Gasteiger partial charge < -0.3 is 0 Å². The zero-order chi connectivity index (χ0) is 36.1. The molecular formula is C55H34. The van der Waals surface area contributed by atoms with Gasteiger partial charge in [-0.3, -0.25) is 0 Å². The summed E-state index contributed by atoms with van der Waals surface area (Å²) < 4.78 is 0. The van der Waals surface area contributed by atoms with E-state index in [0.29, 0.717) is 0 Å². The molecule has 11 aromatic rings. The summed E-state index contributed by atoms with van der Waals surface area (Å²) in [4.78, 5) is 0. The Balaban J connectivity index is 1.17. The SMILES string of the molecule is c1ccc(C2(c3ccccc3)c3cc(-c4ccc5ccc6cccc7ccc4c5c67)ccc3-c3c2ccc2c(-c4ccc5ccccc5c4)cccc32)cc1. The number of hydrogen-bond acceptors (Lipinski definition) is 0. The molecule has 0 saturated carbocycles. The lowest BCUT2D eigenvalue weighted by atomic mass is 9.67. The van der Waals surface area contributed by atoms with E-state index in [2.05, 4.69) is 206 Å². The van der Waals surface area contributed by atoms with Gasteiger partial charge in [-0.2, -0.15) is 0 Å². The molecule has 0 nitrogen and oxygen atoms in total. The fourth-order valence-corrected chi connectivity index (χ4v) is 10.1. The molecule has 0 unspecified atom stereocenters. The van der Waals surface area contributed by atoms with E-state index in [1.165, 1.54) is 109 Å². The molecule has 0 bridgehead atoms. The van der Waals surface area contributed by atoms with Crippen molar-refractivity contribution >= 4 is 53.9 Å². The maximum atomic E-state index is 2.51. The molecule has 0 N–H and O–H groups in total. The molecular weight excluding hydrogens is 661 g/mol. The fourth-order valence-electron chi connectivity index (χ4n) is 10.1. The summed E-state index contributed by atoms with van der Waals surface area (Å²) in [6.45, 7) is 0. The van der Waals surface area contributed by atoms with Crippen LogP contribution < -0.4 is 0 Å². The van der Waals surface area contributed by atoms with Gasteiger partial charge in [-0.15, -0.1) is 0 Å². The number of fused-ring (bicyclic) bond motifs is 6. The minimum absolute atomic E-state index is 0.514. The van der Waals surface area contributed by atoms with Crippen LogP contribution >= 0.6 is 0 Å². The van der Waals surface area contributed by atoms with E-state index >= 15 is 0 Å². The Labute approximate surface area is 319 Å². The molecule has 0 saturated heterocycles. The molecule has 0 atom stereocenters. The molecule has 1 aliphatic carbocycles. The van der Waals surface area contributed by atoms with Gasteiger partial charge in [0.25, 0.3) is 0 Å². The highest BCUT2D eigenvalue weighted by atomic mass is 14.5. The first-order valence-electron chi connectivity index (χ1n) is 19.3. The van der Waals surface area contributed by atoms with Crippen LogP contribution in [0.4, 0.5) is 0 Å². The number of benzene rings is 11. The first kappa shape index (κ1) is 30.4. The minimum atomic E-state index is -0.514. The topological polar surface area (TPSA) is 0 Å². The van der Waals surface area contributed by atoms with Crippen LogP contribution in [0.15, 0.2) is 206 Å². The van der Waals surface area contributed by atoms with Crippen LogP contribution in [0.1, 0.15) is 22.3 Å². The summed E-state index contributed by atoms with van der Waals surface area (Å²) in [5.41, 5.74) is 12.3. The second-order valence-corrected chi connectivity index (χ2v) is 15.2. The fraction of sp³-hybridized carbons (Fsp3) is 0.0182. The molecule has 254 valence electrons. The standard InChI is InChI=1S/C55H34/c1-3-15-42(16-4-1)55(43-17-5-2-6-18-43)50-32-31-46-44(40-24-21-35-11-7-8-12-39(35)33-40)19-10-20-47(46)54(50)49-30-27-41(34-51(49)55)45-28-25-38-23-22-36-13-9-14-37-26-29-48(45)53(38)52(36)37/h1-34H. The van der Waals surface area contributed by atoms with Gasteiger partial charge in [0.05, 0.1) is 5.41 Å². The van der Waals surface area contributed by atoms with Gasteiger partial charge in [0.2, 0.25) is 0 Å². The zero-order valence-electron chi connectivity index (χ0n) is 30.1. The summed E-state index contributed by atoms with van der Waals surface area (Å²) in [5, 5.41) is 12.9. The van der Waals surface area contributed by atoms with Crippen LogP contribution in [0, 0.1) is 0 Å². The molecule has 55 heavy (non-hydrogen) atoms. The molecule has 0 heterocycles. The van der Waals surface area contributed by atoms with E-state index in [9.17, 15) is 0 Å². The lowest BCUT2D eigenvalue weighted by Gasteiger charge is -2.34. The van der Waals surface area contributed by atoms with Crippen LogP contribution in [-0.2, 0) is 5.41 Å². The van der Waals surface area contributed by atoms with Crippen molar-refractivity contribution in [1.82, 2.24) is 0 Å². The lowest BCUT2D eigenvalue weighted by molar-refractivity contribution is 0.769. The van der Waals surface area contributed by atoms with Gasteiger partial charge in [-0.05, 0) is 122 Å². The highest BCUT2D eigenvalue weighted by Gasteiger charge is 2.47. The van der Waals surface area contributed by atoms with Crippen LogP contribution in [0.2, 0.25) is 0 Å². The van der Waals surface area contributed by atoms with E-state index in [4.69, 9.17) is 0 Å². The molecule has 0 spiro atoms. The summed E-state index contributed by atoms with van der Waals surface area (Å²) in [7, 11) is 0. The van der Waals surface area contributed by atoms with Crippen molar-refractivity contribution in [3.63, 3.8) is 0 Å². The van der Waals surface area contributed by atoms with Gasteiger partial charge in [-0.25, -0.2) is 0 Å². The highest BCUT2D eigenvalue weighted by Crippen LogP contribution is 2.59. The number of hydrogen-bond donors (Lipinski definition) is 0. The van der Waals surface area contributed by atoms with Crippen LogP contribution in [0.3, 0.4) is 0 Å². The third kappa shape index (κ3) is 4.23. The minimum Gasteiger partial charge on any atom is -0.0622 e. The number of rotatable bonds is 4. The van der Waals surface area contributed by atoms with Crippen molar-refractivity contribution in [2.24, 2.45) is 0 Å². The molecule has 0 aromatic heterocycles. The Bertz CT molecular complexity index is 3240. The molecule has 12 rings (SSSR count). The van der Waals surface area contributed by atoms with E-state index in [-0.39, 0.29) is 0 Å². The first-order chi connectivity index (χ1) is 27.3. The molecule has 0 heteroatoms. The normalized spacial score (nSPS) is 13.2. The largest absolute Gasteiger partial charge is 0.0714 e. The Kier molecular flexibility index (Phi) is 6.36. The zero-order valence-corrected chi connectivity index (χ0v) is 30.1. The summed E-state index contributed by atoms with van der Waals surface area (Å²) in [5.74, 6) is 0. The molecule has 0 radical (unpaired) electrons. The molecule has 11 aromatic carbocycles. The Morgan fingerprint density at radius 3 is 1.60 bits per heavy atom. The van der Waals surface area contributed by atoms with E-state index in [1.54, 1.807) is 0 Å². The molecule has 0 aliphatic heterocycles. The first-order valence-corrected chi connectivity index (χ1v) is 19.3. The average Bonchev–Trinajstić information content (AvgIpc) is 3.56. The smallest absolute Gasteiger partial charge is 0.0622 e. The molecule has 0 fully saturated rings. The predicted molar refractivity (Wildman–Crippen MR) is 233 cm³/mol. The van der Waals surface area contributed by atoms with E-state index in [0.717, 1.165) is 0 Å². The van der Waals surface area contributed by atoms with Crippen molar-refractivity contribution < 1.29 is 0 Å². The van der Waals surface area contributed by atoms with Crippen molar-refractivity contribution in [3.05, 3.63) is 229 Å². The van der Waals surface area contributed by atoms with Gasteiger partial charge >= 0.3 is 0 Å². The second kappa shape index (κ2) is 11.5. The second-order valence-electron chi connectivity index (χ2n) is 15.2. The highest BCUT2D eigenvalue weighted by molar-refractivity contribution is 6.25. The quantitative estimate of drug-likeness (QED) is 0.161. The Morgan fingerprint density at radius 2 is 0.818 bits per heavy atom. The monoisotopic (exact) mass is 694 g/mol. The van der Waals surface area contributed by atoms with Crippen molar-refractivity contribution in [1.29, 1.82) is 0 Å². The van der Waals surface area contributed by atoms with Crippen molar-refractivity contribution in [2.45, 2.75) is 5.41 Å². The maximum absolute atomic E-state index is 2.51. The summed E-state index contributed by atoms with van der Waals surface area (Å²) in [6.07, 6.45) is 0. The lowest BCUT2D eigenvalue weighted by Crippen LogP contribution is -2.28. The van der Waals surface area contributed by atoms with Crippen LogP contribution in [0.25, 0.3) is 87.2 Å².